The lowest BCUT2D eigenvalue weighted by Gasteiger charge is -2.28. The summed E-state index contributed by atoms with van der Waals surface area (Å²) in [6.45, 7) is 2.38. The van der Waals surface area contributed by atoms with E-state index in [1.165, 1.54) is 63.5 Å². The smallest absolute Gasteiger partial charge is 0.159 e. The average molecular weight is 347 g/mol. The van der Waals surface area contributed by atoms with Crippen molar-refractivity contribution >= 4 is 0 Å². The topological polar surface area (TPSA) is 0 Å². The second-order valence-corrected chi connectivity index (χ2v) is 8.47. The van der Waals surface area contributed by atoms with Gasteiger partial charge < -0.3 is 0 Å². The first-order valence-corrected chi connectivity index (χ1v) is 10.2. The Morgan fingerprint density at radius 2 is 1.44 bits per heavy atom. The summed E-state index contributed by atoms with van der Waals surface area (Å²) in [6, 6.07) is 4.32. The van der Waals surface area contributed by atoms with E-state index in [1.807, 2.05) is 0 Å². The van der Waals surface area contributed by atoms with Crippen LogP contribution in [-0.4, -0.2) is 0 Å². The summed E-state index contributed by atoms with van der Waals surface area (Å²) >= 11 is 0. The summed E-state index contributed by atoms with van der Waals surface area (Å²) < 4.78 is 26.3. The summed E-state index contributed by atoms with van der Waals surface area (Å²) in [6.07, 6.45) is 17.7. The first-order chi connectivity index (χ1) is 12.1. The maximum atomic E-state index is 13.3. The van der Waals surface area contributed by atoms with Crippen LogP contribution in [0.25, 0.3) is 0 Å². The molecule has 2 aliphatic carbocycles. The first kappa shape index (κ1) is 18.6. The van der Waals surface area contributed by atoms with Crippen LogP contribution < -0.4 is 0 Å². The van der Waals surface area contributed by atoms with Gasteiger partial charge in [-0.15, -0.1) is 0 Å². The third-order valence-electron chi connectivity index (χ3n) is 6.43. The van der Waals surface area contributed by atoms with Crippen LogP contribution in [-0.2, 0) is 6.42 Å². The van der Waals surface area contributed by atoms with Gasteiger partial charge >= 0.3 is 0 Å². The molecule has 0 spiro atoms. The van der Waals surface area contributed by atoms with Crippen molar-refractivity contribution in [2.75, 3.05) is 0 Å². The van der Waals surface area contributed by atoms with Crippen LogP contribution in [0.3, 0.4) is 0 Å². The number of hydrogen-bond acceptors (Lipinski definition) is 0. The molecule has 0 unspecified atom stereocenters. The highest BCUT2D eigenvalue weighted by molar-refractivity contribution is 5.17. The third kappa shape index (κ3) is 5.66. The quantitative estimate of drug-likeness (QED) is 0.499. The van der Waals surface area contributed by atoms with Crippen molar-refractivity contribution < 1.29 is 8.78 Å². The Labute approximate surface area is 151 Å². The minimum atomic E-state index is -0.747. The van der Waals surface area contributed by atoms with Gasteiger partial charge in [0.2, 0.25) is 0 Å². The Kier molecular flexibility index (Phi) is 6.67. The van der Waals surface area contributed by atoms with E-state index < -0.39 is 11.6 Å². The molecule has 0 saturated heterocycles. The summed E-state index contributed by atoms with van der Waals surface area (Å²) in [5.41, 5.74) is 0.924. The van der Waals surface area contributed by atoms with Crippen molar-refractivity contribution in [1.82, 2.24) is 0 Å². The van der Waals surface area contributed by atoms with Crippen molar-refractivity contribution in [1.29, 1.82) is 0 Å². The molecule has 2 fully saturated rings. The number of aryl methyl sites for hydroxylation is 1. The SMILES string of the molecule is C[C@H]1CC[C@H](/C=C/[C@H]2CC[C@H](CCc3ccc(F)c(F)c3)CC2)CC1. The van der Waals surface area contributed by atoms with Crippen molar-refractivity contribution in [3.05, 3.63) is 47.5 Å². The summed E-state index contributed by atoms with van der Waals surface area (Å²) in [5, 5.41) is 0. The number of benzene rings is 1. The van der Waals surface area contributed by atoms with Crippen molar-refractivity contribution in [2.45, 2.75) is 71.1 Å². The minimum Gasteiger partial charge on any atom is -0.204 e. The van der Waals surface area contributed by atoms with E-state index in [0.29, 0.717) is 0 Å². The molecule has 0 nitrogen and oxygen atoms in total. The fourth-order valence-electron chi connectivity index (χ4n) is 4.53. The fourth-order valence-corrected chi connectivity index (χ4v) is 4.53. The molecule has 0 amide bonds. The van der Waals surface area contributed by atoms with Gasteiger partial charge in [-0.1, -0.05) is 38.0 Å². The molecule has 0 aromatic heterocycles. The highest BCUT2D eigenvalue weighted by Gasteiger charge is 2.21. The number of halogens is 2. The lowest BCUT2D eigenvalue weighted by atomic mass is 9.78. The van der Waals surface area contributed by atoms with Crippen molar-refractivity contribution in [3.63, 3.8) is 0 Å². The lowest BCUT2D eigenvalue weighted by Crippen LogP contribution is -2.15. The van der Waals surface area contributed by atoms with E-state index in [2.05, 4.69) is 19.1 Å². The Balaban J connectivity index is 1.37. The number of hydrogen-bond donors (Lipinski definition) is 0. The maximum Gasteiger partial charge on any atom is 0.159 e. The van der Waals surface area contributed by atoms with Gasteiger partial charge in [-0.3, -0.25) is 0 Å². The summed E-state index contributed by atoms with van der Waals surface area (Å²) in [5.74, 6) is 1.79. The molecule has 2 saturated carbocycles. The summed E-state index contributed by atoms with van der Waals surface area (Å²) in [7, 11) is 0. The molecule has 0 aliphatic heterocycles. The van der Waals surface area contributed by atoms with E-state index in [1.54, 1.807) is 6.07 Å². The third-order valence-corrected chi connectivity index (χ3v) is 6.43. The zero-order valence-electron chi connectivity index (χ0n) is 15.5. The zero-order valence-corrected chi connectivity index (χ0v) is 15.5. The molecule has 0 radical (unpaired) electrons. The van der Waals surface area contributed by atoms with Crippen LogP contribution in [0.2, 0.25) is 0 Å². The zero-order chi connectivity index (χ0) is 17.6. The monoisotopic (exact) mass is 346 g/mol. The molecule has 3 rings (SSSR count). The van der Waals surface area contributed by atoms with E-state index in [9.17, 15) is 8.78 Å². The van der Waals surface area contributed by atoms with E-state index >= 15 is 0 Å². The van der Waals surface area contributed by atoms with E-state index in [4.69, 9.17) is 0 Å². The van der Waals surface area contributed by atoms with Crippen molar-refractivity contribution in [3.8, 4) is 0 Å². The Morgan fingerprint density at radius 3 is 2.04 bits per heavy atom. The summed E-state index contributed by atoms with van der Waals surface area (Å²) in [4.78, 5) is 0. The molecule has 0 N–H and O–H groups in total. The van der Waals surface area contributed by atoms with Gasteiger partial charge in [-0.2, -0.15) is 0 Å². The van der Waals surface area contributed by atoms with E-state index in [0.717, 1.165) is 42.1 Å². The van der Waals surface area contributed by atoms with Crippen molar-refractivity contribution in [2.24, 2.45) is 23.7 Å². The Bertz CT molecular complexity index is 561. The van der Waals surface area contributed by atoms with Crippen LogP contribution in [0.4, 0.5) is 8.78 Å². The highest BCUT2D eigenvalue weighted by atomic mass is 19.2. The van der Waals surface area contributed by atoms with Crippen LogP contribution in [0.1, 0.15) is 70.3 Å². The number of rotatable bonds is 5. The average Bonchev–Trinajstić information content (AvgIpc) is 2.63. The molecular weight excluding hydrogens is 314 g/mol. The molecular formula is C23H32F2. The van der Waals surface area contributed by atoms with Crippen LogP contribution >= 0.6 is 0 Å². The second-order valence-electron chi connectivity index (χ2n) is 8.47. The first-order valence-electron chi connectivity index (χ1n) is 10.2. The highest BCUT2D eigenvalue weighted by Crippen LogP contribution is 2.34. The number of allylic oxidation sites excluding steroid dienone is 2. The van der Waals surface area contributed by atoms with E-state index in [-0.39, 0.29) is 0 Å². The van der Waals surface area contributed by atoms with Gasteiger partial charge in [-0.25, -0.2) is 8.78 Å². The Hall–Kier alpha value is -1.18. The van der Waals surface area contributed by atoms with Gasteiger partial charge in [0.05, 0.1) is 0 Å². The minimum absolute atomic E-state index is 0.719. The molecule has 0 atom stereocenters. The van der Waals surface area contributed by atoms with Gasteiger partial charge in [-0.05, 0) is 92.7 Å². The molecule has 0 heterocycles. The lowest BCUT2D eigenvalue weighted by molar-refractivity contribution is 0.293. The maximum absolute atomic E-state index is 13.3. The molecule has 2 heteroatoms. The largest absolute Gasteiger partial charge is 0.204 e. The molecule has 1 aromatic rings. The predicted molar refractivity (Wildman–Crippen MR) is 100 cm³/mol. The fraction of sp³-hybridized carbons (Fsp3) is 0.652. The van der Waals surface area contributed by atoms with Crippen LogP contribution in [0.5, 0.6) is 0 Å². The van der Waals surface area contributed by atoms with Gasteiger partial charge in [0.15, 0.2) is 11.6 Å². The predicted octanol–water partition coefficient (Wildman–Crippen LogP) is 7.09. The second kappa shape index (κ2) is 8.96. The standard InChI is InChI=1S/C23H32F2/c1-17-2-4-18(5-3-17)6-7-19-8-10-20(11-9-19)12-13-21-14-15-22(24)23(25)16-21/h6-7,14-20H,2-5,8-13H2,1H3/b7-6+/t17-,18-,19-,20-. The Morgan fingerprint density at radius 1 is 0.840 bits per heavy atom. The normalized spacial score (nSPS) is 30.7. The molecule has 138 valence electrons. The van der Waals surface area contributed by atoms with Gasteiger partial charge in [0.1, 0.15) is 0 Å². The van der Waals surface area contributed by atoms with Crippen LogP contribution in [0.15, 0.2) is 30.4 Å². The molecule has 25 heavy (non-hydrogen) atoms. The molecule has 0 bridgehead atoms. The van der Waals surface area contributed by atoms with Gasteiger partial charge in [0, 0.05) is 0 Å². The van der Waals surface area contributed by atoms with Gasteiger partial charge in [0.25, 0.3) is 0 Å². The van der Waals surface area contributed by atoms with Crippen LogP contribution in [0, 0.1) is 35.3 Å². The molecule has 2 aliphatic rings. The molecule has 1 aromatic carbocycles.